The van der Waals surface area contributed by atoms with Gasteiger partial charge in [0, 0.05) is 6.04 Å². The fourth-order valence-electron chi connectivity index (χ4n) is 2.06. The number of hydrogen-bond acceptors (Lipinski definition) is 2. The van der Waals surface area contributed by atoms with Crippen molar-refractivity contribution in [2.45, 2.75) is 37.9 Å². The molecule has 0 spiro atoms. The summed E-state index contributed by atoms with van der Waals surface area (Å²) in [6.07, 6.45) is -2.77. The molecule has 1 amide bonds. The van der Waals surface area contributed by atoms with Crippen LogP contribution in [0.1, 0.15) is 25.7 Å². The quantitative estimate of drug-likeness (QED) is 0.825. The lowest BCUT2D eigenvalue weighted by atomic mass is 9.85. The number of hydrogen-bond donors (Lipinski definition) is 2. The Bertz CT molecular complexity index is 248. The third-order valence-electron chi connectivity index (χ3n) is 2.84. The van der Waals surface area contributed by atoms with Gasteiger partial charge in [0.05, 0.1) is 12.5 Å². The molecule has 2 atom stereocenters. The molecule has 0 aromatic carbocycles. The van der Waals surface area contributed by atoms with E-state index >= 15 is 0 Å². The highest BCUT2D eigenvalue weighted by molar-refractivity contribution is 5.85. The number of nitrogens with one attached hydrogen (secondary N) is 2. The Morgan fingerprint density at radius 1 is 1.35 bits per heavy atom. The Labute approximate surface area is 105 Å². The number of alkyl halides is 3. The minimum atomic E-state index is -4.13. The van der Waals surface area contributed by atoms with Crippen molar-refractivity contribution in [2.24, 2.45) is 5.92 Å². The van der Waals surface area contributed by atoms with E-state index in [0.29, 0.717) is 12.8 Å². The van der Waals surface area contributed by atoms with Gasteiger partial charge in [0.1, 0.15) is 0 Å². The molecule has 0 radical (unpaired) electrons. The van der Waals surface area contributed by atoms with Crippen LogP contribution in [0.2, 0.25) is 0 Å². The van der Waals surface area contributed by atoms with Crippen molar-refractivity contribution in [3.63, 3.8) is 0 Å². The van der Waals surface area contributed by atoms with Crippen LogP contribution in [0.4, 0.5) is 13.2 Å². The largest absolute Gasteiger partial charge is 0.391 e. The minimum absolute atomic E-state index is 0. The van der Waals surface area contributed by atoms with Gasteiger partial charge in [0.25, 0.3) is 0 Å². The molecule has 0 heterocycles. The normalized spacial score (nSPS) is 24.9. The maximum absolute atomic E-state index is 12.5. The van der Waals surface area contributed by atoms with Crippen molar-refractivity contribution in [3.05, 3.63) is 0 Å². The molecular weight excluding hydrogens is 257 g/mol. The molecule has 1 saturated carbocycles. The molecule has 1 aliphatic carbocycles. The Hall–Kier alpha value is -0.490. The topological polar surface area (TPSA) is 41.1 Å². The van der Waals surface area contributed by atoms with E-state index < -0.39 is 12.1 Å². The molecule has 3 nitrogen and oxygen atoms in total. The van der Waals surface area contributed by atoms with Crippen LogP contribution in [-0.4, -0.2) is 31.7 Å². The van der Waals surface area contributed by atoms with Crippen molar-refractivity contribution < 1.29 is 18.0 Å². The first-order chi connectivity index (χ1) is 7.43. The number of halogens is 4. The number of carbonyl (C=O) groups is 1. The fraction of sp³-hybridized carbons (Fsp3) is 0.900. The average Bonchev–Trinajstić information content (AvgIpc) is 2.17. The van der Waals surface area contributed by atoms with Crippen LogP contribution in [0.25, 0.3) is 0 Å². The van der Waals surface area contributed by atoms with E-state index in [0.717, 1.165) is 0 Å². The summed E-state index contributed by atoms with van der Waals surface area (Å²) in [5.41, 5.74) is 0. The summed E-state index contributed by atoms with van der Waals surface area (Å²) in [5.74, 6) is -1.50. The van der Waals surface area contributed by atoms with Crippen LogP contribution in [-0.2, 0) is 4.79 Å². The molecule has 0 bridgehead atoms. The molecule has 1 rings (SSSR count). The zero-order valence-corrected chi connectivity index (χ0v) is 10.5. The average molecular weight is 275 g/mol. The summed E-state index contributed by atoms with van der Waals surface area (Å²) in [4.78, 5) is 11.2. The summed E-state index contributed by atoms with van der Waals surface area (Å²) in [6.45, 7) is 0.146. The Balaban J connectivity index is 0.00000256. The van der Waals surface area contributed by atoms with Gasteiger partial charge in [-0.3, -0.25) is 4.79 Å². The maximum atomic E-state index is 12.5. The monoisotopic (exact) mass is 274 g/mol. The van der Waals surface area contributed by atoms with E-state index in [1.54, 1.807) is 7.05 Å². The van der Waals surface area contributed by atoms with Gasteiger partial charge >= 0.3 is 6.18 Å². The van der Waals surface area contributed by atoms with Gasteiger partial charge in [-0.25, -0.2) is 0 Å². The van der Waals surface area contributed by atoms with Crippen molar-refractivity contribution in [2.75, 3.05) is 13.6 Å². The Kier molecular flexibility index (Phi) is 6.85. The molecule has 2 N–H and O–H groups in total. The molecule has 0 aliphatic heterocycles. The molecule has 7 heteroatoms. The van der Waals surface area contributed by atoms with E-state index in [1.165, 1.54) is 0 Å². The third kappa shape index (κ3) is 5.59. The summed E-state index contributed by atoms with van der Waals surface area (Å²) < 4.78 is 37.4. The van der Waals surface area contributed by atoms with Crippen LogP contribution < -0.4 is 10.6 Å². The maximum Gasteiger partial charge on any atom is 0.391 e. The van der Waals surface area contributed by atoms with Crippen LogP contribution in [0.5, 0.6) is 0 Å². The van der Waals surface area contributed by atoms with Crippen LogP contribution in [0.3, 0.4) is 0 Å². The number of rotatable bonds is 3. The fourth-order valence-corrected chi connectivity index (χ4v) is 2.06. The lowest BCUT2D eigenvalue weighted by Gasteiger charge is -2.31. The lowest BCUT2D eigenvalue weighted by Crippen LogP contribution is -2.44. The SMILES string of the molecule is CNCC(=O)NC1CCCC(C(F)(F)F)C1.Cl. The summed E-state index contributed by atoms with van der Waals surface area (Å²) >= 11 is 0. The molecule has 2 unspecified atom stereocenters. The molecule has 17 heavy (non-hydrogen) atoms. The van der Waals surface area contributed by atoms with E-state index in [9.17, 15) is 18.0 Å². The second-order valence-electron chi connectivity index (χ2n) is 4.20. The minimum Gasteiger partial charge on any atom is -0.352 e. The van der Waals surface area contributed by atoms with E-state index in [2.05, 4.69) is 10.6 Å². The van der Waals surface area contributed by atoms with Crippen LogP contribution in [0, 0.1) is 5.92 Å². The second kappa shape index (κ2) is 7.06. The summed E-state index contributed by atoms with van der Waals surface area (Å²) in [7, 11) is 1.62. The van der Waals surface area contributed by atoms with E-state index in [4.69, 9.17) is 0 Å². The molecule has 1 aliphatic rings. The highest BCUT2D eigenvalue weighted by Crippen LogP contribution is 2.37. The van der Waals surface area contributed by atoms with Crippen LogP contribution >= 0.6 is 12.4 Å². The van der Waals surface area contributed by atoms with Crippen molar-refractivity contribution in [3.8, 4) is 0 Å². The highest BCUT2D eigenvalue weighted by Gasteiger charge is 2.42. The molecule has 0 aromatic rings. The number of likely N-dealkylation sites (N-methyl/N-ethyl adjacent to an activating group) is 1. The molecule has 0 saturated heterocycles. The van der Waals surface area contributed by atoms with E-state index in [1.807, 2.05) is 0 Å². The standard InChI is InChI=1S/C10H17F3N2O.ClH/c1-14-6-9(16)15-8-4-2-3-7(5-8)10(11,12)13;/h7-8,14H,2-6H2,1H3,(H,15,16);1H. The summed E-state index contributed by atoms with van der Waals surface area (Å²) in [5, 5.41) is 5.28. The van der Waals surface area contributed by atoms with Gasteiger partial charge in [-0.05, 0) is 26.3 Å². The number of carbonyl (C=O) groups excluding carboxylic acids is 1. The summed E-state index contributed by atoms with van der Waals surface area (Å²) in [6, 6.07) is -0.332. The van der Waals surface area contributed by atoms with E-state index in [-0.39, 0.29) is 43.7 Å². The predicted octanol–water partition coefficient (Wildman–Crippen LogP) is 1.86. The van der Waals surface area contributed by atoms with Gasteiger partial charge in [-0.15, -0.1) is 12.4 Å². The lowest BCUT2D eigenvalue weighted by molar-refractivity contribution is -0.184. The molecule has 0 aromatic heterocycles. The second-order valence-corrected chi connectivity index (χ2v) is 4.20. The first-order valence-corrected chi connectivity index (χ1v) is 5.44. The first kappa shape index (κ1) is 16.5. The predicted molar refractivity (Wildman–Crippen MR) is 61.1 cm³/mol. The highest BCUT2D eigenvalue weighted by atomic mass is 35.5. The Morgan fingerprint density at radius 2 is 2.00 bits per heavy atom. The zero-order chi connectivity index (χ0) is 12.2. The smallest absolute Gasteiger partial charge is 0.352 e. The zero-order valence-electron chi connectivity index (χ0n) is 9.64. The molecular formula is C10H18ClF3N2O. The Morgan fingerprint density at radius 3 is 2.53 bits per heavy atom. The van der Waals surface area contributed by atoms with Crippen molar-refractivity contribution >= 4 is 18.3 Å². The third-order valence-corrected chi connectivity index (χ3v) is 2.84. The first-order valence-electron chi connectivity index (χ1n) is 5.44. The number of amides is 1. The molecule has 102 valence electrons. The van der Waals surface area contributed by atoms with Gasteiger partial charge in [0.15, 0.2) is 0 Å². The van der Waals surface area contributed by atoms with Crippen molar-refractivity contribution in [1.29, 1.82) is 0 Å². The van der Waals surface area contributed by atoms with Crippen LogP contribution in [0.15, 0.2) is 0 Å². The van der Waals surface area contributed by atoms with Gasteiger partial charge in [0.2, 0.25) is 5.91 Å². The van der Waals surface area contributed by atoms with Gasteiger partial charge < -0.3 is 10.6 Å². The van der Waals surface area contributed by atoms with Gasteiger partial charge in [-0.1, -0.05) is 6.42 Å². The van der Waals surface area contributed by atoms with Gasteiger partial charge in [-0.2, -0.15) is 13.2 Å². The molecule has 1 fully saturated rings. The van der Waals surface area contributed by atoms with Crippen molar-refractivity contribution in [1.82, 2.24) is 10.6 Å².